The Hall–Kier alpha value is -4.45. The smallest absolute Gasteiger partial charge is 0.327 e. The number of carbonyl (C=O) groups excluding carboxylic acids is 1. The summed E-state index contributed by atoms with van der Waals surface area (Å²) in [4.78, 5) is 30.0. The van der Waals surface area contributed by atoms with E-state index in [2.05, 4.69) is 26.0 Å². The van der Waals surface area contributed by atoms with Crippen molar-refractivity contribution in [1.29, 1.82) is 5.26 Å². The standard InChI is InChI=1S/C23H20N6O3/c1-13-10-18(9-8-16(13)12-24)31-21-19-20(26-14(2)25-19)27-23(28-21)32-17-7-5-6-15(11-17)22(30)29(3)4/h5-11H,1-4H3,(H,25,26,27,28). The highest BCUT2D eigenvalue weighted by atomic mass is 16.5. The molecule has 2 aromatic carbocycles. The predicted molar refractivity (Wildman–Crippen MR) is 117 cm³/mol. The molecular formula is C23H20N6O3. The number of nitriles is 1. The number of hydrogen-bond acceptors (Lipinski definition) is 7. The summed E-state index contributed by atoms with van der Waals surface area (Å²) in [6.07, 6.45) is 0. The summed E-state index contributed by atoms with van der Waals surface area (Å²) in [6.45, 7) is 3.63. The van der Waals surface area contributed by atoms with Crippen LogP contribution in [-0.2, 0) is 0 Å². The molecule has 0 aliphatic rings. The van der Waals surface area contributed by atoms with Gasteiger partial charge in [0.1, 0.15) is 17.3 Å². The summed E-state index contributed by atoms with van der Waals surface area (Å²) in [5.74, 6) is 1.63. The number of rotatable bonds is 5. The highest BCUT2D eigenvalue weighted by molar-refractivity contribution is 5.94. The first-order chi connectivity index (χ1) is 15.3. The second-order valence-electron chi connectivity index (χ2n) is 7.35. The zero-order valence-electron chi connectivity index (χ0n) is 18.0. The van der Waals surface area contributed by atoms with Crippen molar-refractivity contribution in [3.05, 3.63) is 65.0 Å². The van der Waals surface area contributed by atoms with Crippen LogP contribution in [-0.4, -0.2) is 44.8 Å². The van der Waals surface area contributed by atoms with Crippen molar-refractivity contribution in [1.82, 2.24) is 24.8 Å². The third kappa shape index (κ3) is 4.20. The number of nitrogens with zero attached hydrogens (tertiary/aromatic N) is 5. The average molecular weight is 428 g/mol. The van der Waals surface area contributed by atoms with E-state index in [0.717, 1.165) is 5.56 Å². The van der Waals surface area contributed by atoms with Gasteiger partial charge in [0.05, 0.1) is 11.6 Å². The number of imidazole rings is 1. The molecule has 0 saturated carbocycles. The quantitative estimate of drug-likeness (QED) is 0.508. The first kappa shape index (κ1) is 20.8. The summed E-state index contributed by atoms with van der Waals surface area (Å²) < 4.78 is 11.8. The van der Waals surface area contributed by atoms with Crippen LogP contribution in [0.4, 0.5) is 0 Å². The zero-order chi connectivity index (χ0) is 22.8. The van der Waals surface area contributed by atoms with E-state index in [4.69, 9.17) is 14.7 Å². The number of H-pyrrole nitrogens is 1. The second-order valence-corrected chi connectivity index (χ2v) is 7.35. The van der Waals surface area contributed by atoms with Crippen LogP contribution in [0.15, 0.2) is 42.5 Å². The maximum absolute atomic E-state index is 12.2. The lowest BCUT2D eigenvalue weighted by molar-refractivity contribution is 0.0827. The molecule has 9 heteroatoms. The van der Waals surface area contributed by atoms with Crippen LogP contribution in [0.3, 0.4) is 0 Å². The molecule has 4 rings (SSSR count). The monoisotopic (exact) mass is 428 g/mol. The Bertz CT molecular complexity index is 1370. The highest BCUT2D eigenvalue weighted by Crippen LogP contribution is 2.30. The van der Waals surface area contributed by atoms with Crippen LogP contribution in [0.25, 0.3) is 11.2 Å². The minimum absolute atomic E-state index is 0.0379. The number of carbonyl (C=O) groups is 1. The lowest BCUT2D eigenvalue weighted by atomic mass is 10.1. The molecule has 1 amide bonds. The molecule has 4 aromatic rings. The molecule has 1 N–H and O–H groups in total. The lowest BCUT2D eigenvalue weighted by Crippen LogP contribution is -2.21. The van der Waals surface area contributed by atoms with Crippen LogP contribution >= 0.6 is 0 Å². The Labute approximate surface area is 184 Å². The molecule has 160 valence electrons. The van der Waals surface area contributed by atoms with Crippen molar-refractivity contribution in [3.8, 4) is 29.5 Å². The van der Waals surface area contributed by atoms with E-state index in [-0.39, 0.29) is 17.8 Å². The van der Waals surface area contributed by atoms with Crippen LogP contribution in [0.5, 0.6) is 23.4 Å². The van der Waals surface area contributed by atoms with Gasteiger partial charge in [-0.25, -0.2) is 4.98 Å². The number of ether oxygens (including phenoxy) is 2. The van der Waals surface area contributed by atoms with Crippen molar-refractivity contribution in [3.63, 3.8) is 0 Å². The van der Waals surface area contributed by atoms with Crippen LogP contribution < -0.4 is 9.47 Å². The van der Waals surface area contributed by atoms with Gasteiger partial charge in [-0.1, -0.05) is 6.07 Å². The van der Waals surface area contributed by atoms with Gasteiger partial charge >= 0.3 is 6.01 Å². The summed E-state index contributed by atoms with van der Waals surface area (Å²) >= 11 is 0. The van der Waals surface area contributed by atoms with E-state index in [0.29, 0.717) is 39.6 Å². The number of nitrogens with one attached hydrogen (secondary N) is 1. The van der Waals surface area contributed by atoms with Gasteiger partial charge < -0.3 is 19.4 Å². The van der Waals surface area contributed by atoms with Crippen molar-refractivity contribution in [2.45, 2.75) is 13.8 Å². The molecule has 0 aliphatic heterocycles. The number of fused-ring (bicyclic) bond motifs is 1. The zero-order valence-corrected chi connectivity index (χ0v) is 18.0. The van der Waals surface area contributed by atoms with Gasteiger partial charge in [-0.05, 0) is 55.8 Å². The Kier molecular flexibility index (Phi) is 5.43. The Morgan fingerprint density at radius 1 is 1.03 bits per heavy atom. The van der Waals surface area contributed by atoms with E-state index in [1.165, 1.54) is 4.90 Å². The second kappa shape index (κ2) is 8.35. The maximum atomic E-state index is 12.2. The first-order valence-electron chi connectivity index (χ1n) is 9.76. The number of amides is 1. The highest BCUT2D eigenvalue weighted by Gasteiger charge is 2.16. The Morgan fingerprint density at radius 3 is 2.53 bits per heavy atom. The number of hydrogen-bond donors (Lipinski definition) is 1. The van der Waals surface area contributed by atoms with E-state index < -0.39 is 0 Å². The van der Waals surface area contributed by atoms with E-state index >= 15 is 0 Å². The normalized spacial score (nSPS) is 10.6. The van der Waals surface area contributed by atoms with Crippen LogP contribution in [0.1, 0.15) is 27.3 Å². The van der Waals surface area contributed by atoms with E-state index in [1.807, 2.05) is 6.92 Å². The first-order valence-corrected chi connectivity index (χ1v) is 9.76. The number of aromatic nitrogens is 4. The molecule has 0 unspecified atom stereocenters. The number of benzene rings is 2. The third-order valence-corrected chi connectivity index (χ3v) is 4.64. The SMILES string of the molecule is Cc1nc2c(Oc3ccc(C#N)c(C)c3)nc(Oc3cccc(C(=O)N(C)C)c3)nc2[nH]1. The molecule has 2 aromatic heterocycles. The molecule has 9 nitrogen and oxygen atoms in total. The van der Waals surface area contributed by atoms with Crippen molar-refractivity contribution in [2.24, 2.45) is 0 Å². The lowest BCUT2D eigenvalue weighted by Gasteiger charge is -2.12. The molecule has 0 spiro atoms. The third-order valence-electron chi connectivity index (χ3n) is 4.64. The van der Waals surface area contributed by atoms with E-state index in [1.54, 1.807) is 63.5 Å². The molecule has 0 aliphatic carbocycles. The van der Waals surface area contributed by atoms with Crippen LogP contribution in [0, 0.1) is 25.2 Å². The number of aromatic amines is 1. The maximum Gasteiger partial charge on any atom is 0.327 e. The number of aryl methyl sites for hydroxylation is 2. The predicted octanol–water partition coefficient (Wildman–Crippen LogP) is 4.13. The molecular weight excluding hydrogens is 408 g/mol. The topological polar surface area (TPSA) is 117 Å². The van der Waals surface area contributed by atoms with Gasteiger partial charge in [-0.2, -0.15) is 15.2 Å². The summed E-state index contributed by atoms with van der Waals surface area (Å²) in [5, 5.41) is 9.14. The fraction of sp³-hybridized carbons (Fsp3) is 0.174. The summed E-state index contributed by atoms with van der Waals surface area (Å²) in [6, 6.07) is 14.1. The Morgan fingerprint density at radius 2 is 1.81 bits per heavy atom. The van der Waals surface area contributed by atoms with Gasteiger partial charge in [0.25, 0.3) is 11.8 Å². The summed E-state index contributed by atoms with van der Waals surface area (Å²) in [5.41, 5.74) is 2.74. The minimum Gasteiger partial charge on any atom is -0.437 e. The summed E-state index contributed by atoms with van der Waals surface area (Å²) in [7, 11) is 3.37. The fourth-order valence-corrected chi connectivity index (χ4v) is 3.08. The van der Waals surface area contributed by atoms with Gasteiger partial charge in [0.15, 0.2) is 11.2 Å². The van der Waals surface area contributed by atoms with Gasteiger partial charge in [0.2, 0.25) is 0 Å². The molecule has 32 heavy (non-hydrogen) atoms. The molecule has 0 bridgehead atoms. The van der Waals surface area contributed by atoms with E-state index in [9.17, 15) is 4.79 Å². The van der Waals surface area contributed by atoms with Crippen molar-refractivity contribution in [2.75, 3.05) is 14.1 Å². The molecule has 0 saturated heterocycles. The van der Waals surface area contributed by atoms with Crippen LogP contribution in [0.2, 0.25) is 0 Å². The van der Waals surface area contributed by atoms with Gasteiger partial charge in [-0.3, -0.25) is 4.79 Å². The molecule has 2 heterocycles. The Balaban J connectivity index is 1.70. The van der Waals surface area contributed by atoms with Crippen molar-refractivity contribution >= 4 is 17.1 Å². The average Bonchev–Trinajstić information content (AvgIpc) is 3.14. The van der Waals surface area contributed by atoms with Gasteiger partial charge in [-0.15, -0.1) is 0 Å². The largest absolute Gasteiger partial charge is 0.437 e. The fourth-order valence-electron chi connectivity index (χ4n) is 3.08. The van der Waals surface area contributed by atoms with Gasteiger partial charge in [0, 0.05) is 19.7 Å². The minimum atomic E-state index is -0.142. The van der Waals surface area contributed by atoms with Crippen molar-refractivity contribution < 1.29 is 14.3 Å². The molecule has 0 atom stereocenters. The molecule has 0 fully saturated rings. The molecule has 0 radical (unpaired) electrons.